The molecule has 0 radical (unpaired) electrons. The van der Waals surface area contributed by atoms with Crippen molar-refractivity contribution in [3.63, 3.8) is 0 Å². The first kappa shape index (κ1) is 18.9. The Morgan fingerprint density at radius 3 is 2.34 bits per heavy atom. The van der Waals surface area contributed by atoms with E-state index in [1.807, 2.05) is 12.1 Å². The van der Waals surface area contributed by atoms with E-state index >= 15 is 0 Å². The van der Waals surface area contributed by atoms with E-state index in [9.17, 15) is 19.2 Å². The zero-order valence-corrected chi connectivity index (χ0v) is 16.0. The van der Waals surface area contributed by atoms with E-state index < -0.39 is 23.8 Å². The maximum atomic E-state index is 12.9. The number of benzene rings is 2. The first-order valence-electron chi connectivity index (χ1n) is 9.69. The number of piperidine rings is 1. The van der Waals surface area contributed by atoms with Gasteiger partial charge in [0.1, 0.15) is 6.04 Å². The molecule has 2 heterocycles. The number of anilines is 2. The van der Waals surface area contributed by atoms with Crippen LogP contribution in [0, 0.1) is 0 Å². The molecule has 1 saturated heterocycles. The van der Waals surface area contributed by atoms with Crippen LogP contribution in [0.25, 0.3) is 0 Å². The highest BCUT2D eigenvalue weighted by molar-refractivity contribution is 6.23. The van der Waals surface area contributed by atoms with Crippen molar-refractivity contribution < 1.29 is 19.2 Å². The molecule has 0 bridgehead atoms. The summed E-state index contributed by atoms with van der Waals surface area (Å²) in [6.45, 7) is 2.13. The van der Waals surface area contributed by atoms with Crippen molar-refractivity contribution in [1.82, 2.24) is 10.2 Å². The Bertz CT molecular complexity index is 1010. The highest BCUT2D eigenvalue weighted by Crippen LogP contribution is 2.30. The predicted octanol–water partition coefficient (Wildman–Crippen LogP) is 2.78. The van der Waals surface area contributed by atoms with E-state index in [4.69, 9.17) is 0 Å². The van der Waals surface area contributed by atoms with Crippen LogP contribution in [0.5, 0.6) is 0 Å². The number of nitrogens with zero attached hydrogens (tertiary/aromatic N) is 1. The van der Waals surface area contributed by atoms with Crippen molar-refractivity contribution in [2.45, 2.75) is 38.6 Å². The fourth-order valence-corrected chi connectivity index (χ4v) is 3.76. The van der Waals surface area contributed by atoms with Gasteiger partial charge in [-0.1, -0.05) is 25.5 Å². The molecular formula is C22H21N3O4. The first-order valence-corrected chi connectivity index (χ1v) is 9.69. The molecule has 1 atom stereocenters. The van der Waals surface area contributed by atoms with Gasteiger partial charge in [-0.3, -0.25) is 29.4 Å². The second kappa shape index (κ2) is 7.50. The van der Waals surface area contributed by atoms with Crippen LogP contribution in [0.15, 0.2) is 42.5 Å². The topological polar surface area (TPSA) is 95.6 Å². The summed E-state index contributed by atoms with van der Waals surface area (Å²) in [6, 6.07) is 12.1. The van der Waals surface area contributed by atoms with Gasteiger partial charge in [-0.05, 0) is 48.7 Å². The Labute approximate surface area is 168 Å². The van der Waals surface area contributed by atoms with Gasteiger partial charge in [-0.15, -0.1) is 0 Å². The standard InChI is InChI=1S/C22H21N3O4/c1-2-3-13-4-6-14(7-5-13)23-15-8-9-16-17(12-15)22(29)25(21(16)28)18-10-11-19(26)24-20(18)27/h4-9,12,18,23H,2-3,10-11H2,1H3,(H,24,26,27). The molecule has 4 amide bonds. The molecule has 2 aromatic rings. The number of fused-ring (bicyclic) bond motifs is 1. The van der Waals surface area contributed by atoms with E-state index in [0.717, 1.165) is 23.4 Å². The molecule has 7 heteroatoms. The van der Waals surface area contributed by atoms with Crippen molar-refractivity contribution in [3.8, 4) is 0 Å². The molecule has 4 rings (SSSR count). The number of rotatable bonds is 5. The molecule has 2 aliphatic heterocycles. The summed E-state index contributed by atoms with van der Waals surface area (Å²) in [5.41, 5.74) is 3.34. The lowest BCUT2D eigenvalue weighted by Crippen LogP contribution is -2.54. The van der Waals surface area contributed by atoms with E-state index in [2.05, 4.69) is 29.7 Å². The molecular weight excluding hydrogens is 370 g/mol. The highest BCUT2D eigenvalue weighted by atomic mass is 16.2. The summed E-state index contributed by atoms with van der Waals surface area (Å²) < 4.78 is 0. The summed E-state index contributed by atoms with van der Waals surface area (Å²) in [5, 5.41) is 5.44. The van der Waals surface area contributed by atoms with E-state index in [0.29, 0.717) is 5.69 Å². The third-order valence-electron chi connectivity index (χ3n) is 5.22. The smallest absolute Gasteiger partial charge is 0.262 e. The van der Waals surface area contributed by atoms with Gasteiger partial charge in [-0.2, -0.15) is 0 Å². The molecule has 0 spiro atoms. The van der Waals surface area contributed by atoms with Gasteiger partial charge in [0.2, 0.25) is 11.8 Å². The maximum Gasteiger partial charge on any atom is 0.262 e. The molecule has 2 N–H and O–H groups in total. The fraction of sp³-hybridized carbons (Fsp3) is 0.273. The van der Waals surface area contributed by atoms with Gasteiger partial charge in [0, 0.05) is 17.8 Å². The zero-order valence-electron chi connectivity index (χ0n) is 16.0. The van der Waals surface area contributed by atoms with E-state index in [1.54, 1.807) is 18.2 Å². The van der Waals surface area contributed by atoms with Crippen LogP contribution in [-0.2, 0) is 16.0 Å². The predicted molar refractivity (Wildman–Crippen MR) is 107 cm³/mol. The lowest BCUT2D eigenvalue weighted by Gasteiger charge is -2.27. The molecule has 29 heavy (non-hydrogen) atoms. The molecule has 1 unspecified atom stereocenters. The molecule has 7 nitrogen and oxygen atoms in total. The Kier molecular flexibility index (Phi) is 4.88. The maximum absolute atomic E-state index is 12.9. The Morgan fingerprint density at radius 2 is 1.66 bits per heavy atom. The summed E-state index contributed by atoms with van der Waals surface area (Å²) in [4.78, 5) is 50.0. The van der Waals surface area contributed by atoms with Crippen molar-refractivity contribution in [2.75, 3.05) is 5.32 Å². The molecule has 0 aliphatic carbocycles. The van der Waals surface area contributed by atoms with Crippen LogP contribution in [0.1, 0.15) is 52.5 Å². The fourth-order valence-electron chi connectivity index (χ4n) is 3.76. The van der Waals surface area contributed by atoms with Gasteiger partial charge in [0.25, 0.3) is 11.8 Å². The van der Waals surface area contributed by atoms with Crippen LogP contribution >= 0.6 is 0 Å². The Balaban J connectivity index is 1.55. The SMILES string of the molecule is CCCc1ccc(Nc2ccc3c(c2)C(=O)N(C2CCC(=O)NC2=O)C3=O)cc1. The van der Waals surface area contributed by atoms with E-state index in [-0.39, 0.29) is 29.9 Å². The normalized spacial score (nSPS) is 18.7. The molecule has 2 aromatic carbocycles. The third kappa shape index (κ3) is 3.51. The number of amides is 4. The average Bonchev–Trinajstić information content (AvgIpc) is 2.94. The number of imide groups is 2. The summed E-state index contributed by atoms with van der Waals surface area (Å²) in [5.74, 6) is -2.02. The Morgan fingerprint density at radius 1 is 0.966 bits per heavy atom. The largest absolute Gasteiger partial charge is 0.356 e. The number of hydrogen-bond donors (Lipinski definition) is 2. The van der Waals surface area contributed by atoms with Crippen LogP contribution in [0.3, 0.4) is 0 Å². The molecule has 148 valence electrons. The lowest BCUT2D eigenvalue weighted by molar-refractivity contribution is -0.136. The molecule has 1 fully saturated rings. The average molecular weight is 391 g/mol. The van der Waals surface area contributed by atoms with Gasteiger partial charge in [-0.25, -0.2) is 0 Å². The number of aryl methyl sites for hydroxylation is 1. The Hall–Kier alpha value is -3.48. The second-order valence-corrected chi connectivity index (χ2v) is 7.28. The first-order chi connectivity index (χ1) is 14.0. The monoisotopic (exact) mass is 391 g/mol. The molecule has 0 saturated carbocycles. The number of nitrogens with one attached hydrogen (secondary N) is 2. The molecule has 2 aliphatic rings. The van der Waals surface area contributed by atoms with Crippen LogP contribution in [0.2, 0.25) is 0 Å². The quantitative estimate of drug-likeness (QED) is 0.764. The van der Waals surface area contributed by atoms with Crippen LogP contribution in [0.4, 0.5) is 11.4 Å². The number of hydrogen-bond acceptors (Lipinski definition) is 5. The highest BCUT2D eigenvalue weighted by Gasteiger charge is 2.44. The summed E-state index contributed by atoms with van der Waals surface area (Å²) in [7, 11) is 0. The number of carbonyl (C=O) groups is 4. The van der Waals surface area contributed by atoms with Crippen LogP contribution in [-0.4, -0.2) is 34.6 Å². The van der Waals surface area contributed by atoms with Crippen molar-refractivity contribution in [3.05, 3.63) is 59.2 Å². The minimum absolute atomic E-state index is 0.102. The zero-order chi connectivity index (χ0) is 20.5. The number of carbonyl (C=O) groups excluding carboxylic acids is 4. The minimum atomic E-state index is -0.956. The van der Waals surface area contributed by atoms with Gasteiger partial charge in [0.15, 0.2) is 0 Å². The van der Waals surface area contributed by atoms with Gasteiger partial charge >= 0.3 is 0 Å². The van der Waals surface area contributed by atoms with Crippen molar-refractivity contribution >= 4 is 35.0 Å². The summed E-state index contributed by atoms with van der Waals surface area (Å²) in [6.07, 6.45) is 2.35. The van der Waals surface area contributed by atoms with Crippen molar-refractivity contribution in [2.24, 2.45) is 0 Å². The minimum Gasteiger partial charge on any atom is -0.356 e. The van der Waals surface area contributed by atoms with Gasteiger partial charge < -0.3 is 5.32 Å². The molecule has 0 aromatic heterocycles. The third-order valence-corrected chi connectivity index (χ3v) is 5.22. The second-order valence-electron chi connectivity index (χ2n) is 7.28. The van der Waals surface area contributed by atoms with Crippen molar-refractivity contribution in [1.29, 1.82) is 0 Å². The lowest BCUT2D eigenvalue weighted by atomic mass is 10.0. The van der Waals surface area contributed by atoms with E-state index in [1.165, 1.54) is 5.56 Å². The summed E-state index contributed by atoms with van der Waals surface area (Å²) >= 11 is 0. The van der Waals surface area contributed by atoms with Gasteiger partial charge in [0.05, 0.1) is 11.1 Å². The van der Waals surface area contributed by atoms with Crippen LogP contribution < -0.4 is 10.6 Å².